The van der Waals surface area contributed by atoms with Crippen molar-refractivity contribution in [3.8, 4) is 11.3 Å². The zero-order chi connectivity index (χ0) is 19.5. The first-order chi connectivity index (χ1) is 13.6. The molecule has 144 valence electrons. The molecule has 0 radical (unpaired) electrons. The van der Waals surface area contributed by atoms with Crippen LogP contribution in [0.1, 0.15) is 40.7 Å². The van der Waals surface area contributed by atoms with Crippen LogP contribution in [0.5, 0.6) is 0 Å². The number of ether oxygens (including phenoxy) is 1. The molecule has 0 spiro atoms. The molecular weight excluding hydrogens is 352 g/mol. The highest BCUT2D eigenvalue weighted by Gasteiger charge is 2.19. The third kappa shape index (κ3) is 3.91. The van der Waals surface area contributed by atoms with Gasteiger partial charge in [-0.25, -0.2) is 15.3 Å². The lowest BCUT2D eigenvalue weighted by atomic mass is 9.99. The third-order valence-electron chi connectivity index (χ3n) is 5.04. The van der Waals surface area contributed by atoms with E-state index in [2.05, 4.69) is 37.5 Å². The van der Waals surface area contributed by atoms with Crippen molar-refractivity contribution in [3.63, 3.8) is 0 Å². The summed E-state index contributed by atoms with van der Waals surface area (Å²) in [6, 6.07) is 15.7. The van der Waals surface area contributed by atoms with Gasteiger partial charge >= 0.3 is 0 Å². The van der Waals surface area contributed by atoms with E-state index in [1.807, 2.05) is 30.3 Å². The van der Waals surface area contributed by atoms with Crippen LogP contribution in [-0.4, -0.2) is 23.8 Å². The zero-order valence-electron chi connectivity index (χ0n) is 16.2. The highest BCUT2D eigenvalue weighted by molar-refractivity contribution is 6.06. The average Bonchev–Trinajstić information content (AvgIpc) is 2.72. The van der Waals surface area contributed by atoms with E-state index in [1.165, 1.54) is 5.56 Å². The molecule has 28 heavy (non-hydrogen) atoms. The number of rotatable bonds is 4. The van der Waals surface area contributed by atoms with Crippen molar-refractivity contribution in [3.05, 3.63) is 65.2 Å². The lowest BCUT2D eigenvalue weighted by Crippen LogP contribution is -2.33. The normalized spacial score (nSPS) is 16.9. The van der Waals surface area contributed by atoms with Crippen molar-refractivity contribution in [2.75, 3.05) is 6.61 Å². The molecule has 1 aliphatic rings. The molecule has 5 nitrogen and oxygen atoms in total. The van der Waals surface area contributed by atoms with Crippen LogP contribution in [0.25, 0.3) is 22.2 Å². The van der Waals surface area contributed by atoms with Crippen LogP contribution in [0, 0.1) is 13.8 Å². The number of nitrogens with one attached hydrogen (secondary N) is 1. The Kier molecular flexibility index (Phi) is 5.37. The monoisotopic (exact) mass is 376 g/mol. The van der Waals surface area contributed by atoms with Gasteiger partial charge in [0.15, 0.2) is 6.29 Å². The molecule has 1 saturated heterocycles. The Bertz CT molecular complexity index is 1010. The number of carbonyl (C=O) groups excluding carboxylic acids is 1. The maximum Gasteiger partial charge on any atom is 0.275 e. The van der Waals surface area contributed by atoms with E-state index in [1.54, 1.807) is 0 Å². The van der Waals surface area contributed by atoms with E-state index in [0.29, 0.717) is 12.2 Å². The van der Waals surface area contributed by atoms with Crippen LogP contribution in [0.2, 0.25) is 0 Å². The van der Waals surface area contributed by atoms with Gasteiger partial charge < -0.3 is 4.74 Å². The van der Waals surface area contributed by atoms with E-state index in [-0.39, 0.29) is 12.2 Å². The minimum atomic E-state index is -0.385. The number of pyridine rings is 1. The number of hydroxylamine groups is 1. The molecule has 1 unspecified atom stereocenters. The first-order valence-electron chi connectivity index (χ1n) is 9.67. The van der Waals surface area contributed by atoms with Crippen molar-refractivity contribution in [1.29, 1.82) is 0 Å². The first kappa shape index (κ1) is 18.6. The summed E-state index contributed by atoms with van der Waals surface area (Å²) in [5, 5.41) is 0.793. The van der Waals surface area contributed by atoms with Gasteiger partial charge in [0.25, 0.3) is 5.91 Å². The summed E-state index contributed by atoms with van der Waals surface area (Å²) in [4.78, 5) is 23.2. The first-order valence-corrected chi connectivity index (χ1v) is 9.67. The number of aromatic nitrogens is 1. The van der Waals surface area contributed by atoms with Gasteiger partial charge in [-0.05, 0) is 44.4 Å². The van der Waals surface area contributed by atoms with Gasteiger partial charge in [-0.3, -0.25) is 4.79 Å². The summed E-state index contributed by atoms with van der Waals surface area (Å²) in [7, 11) is 0. The molecule has 3 aromatic rings. The van der Waals surface area contributed by atoms with Gasteiger partial charge in [-0.1, -0.05) is 42.0 Å². The van der Waals surface area contributed by atoms with Crippen molar-refractivity contribution in [2.24, 2.45) is 0 Å². The summed E-state index contributed by atoms with van der Waals surface area (Å²) in [5.74, 6) is -0.293. The number of para-hydroxylation sites is 1. The van der Waals surface area contributed by atoms with E-state index in [9.17, 15) is 4.79 Å². The number of amides is 1. The molecular formula is C23H24N2O3. The number of fused-ring (bicyclic) bond motifs is 1. The van der Waals surface area contributed by atoms with Gasteiger partial charge in [0.05, 0.1) is 16.8 Å². The number of nitrogens with zero attached hydrogens (tertiary/aromatic N) is 1. The second-order valence-corrected chi connectivity index (χ2v) is 7.24. The molecule has 0 bridgehead atoms. The zero-order valence-corrected chi connectivity index (χ0v) is 16.2. The van der Waals surface area contributed by atoms with Gasteiger partial charge in [0.2, 0.25) is 0 Å². The third-order valence-corrected chi connectivity index (χ3v) is 5.04. The molecule has 1 amide bonds. The van der Waals surface area contributed by atoms with E-state index in [0.717, 1.165) is 47.0 Å². The maximum atomic E-state index is 12.9. The molecule has 2 aromatic carbocycles. The number of aryl methyl sites for hydroxylation is 2. The summed E-state index contributed by atoms with van der Waals surface area (Å²) >= 11 is 0. The van der Waals surface area contributed by atoms with Crippen molar-refractivity contribution in [1.82, 2.24) is 10.5 Å². The summed E-state index contributed by atoms with van der Waals surface area (Å²) in [6.45, 7) is 4.78. The maximum absolute atomic E-state index is 12.9. The lowest BCUT2D eigenvalue weighted by Gasteiger charge is -2.22. The minimum Gasteiger partial charge on any atom is -0.350 e. The van der Waals surface area contributed by atoms with Crippen LogP contribution in [0.3, 0.4) is 0 Å². The minimum absolute atomic E-state index is 0.293. The molecule has 0 saturated carbocycles. The van der Waals surface area contributed by atoms with Crippen LogP contribution in [0.15, 0.2) is 48.5 Å². The van der Waals surface area contributed by atoms with Crippen molar-refractivity contribution in [2.45, 2.75) is 39.4 Å². The van der Waals surface area contributed by atoms with E-state index >= 15 is 0 Å². The van der Waals surface area contributed by atoms with Crippen LogP contribution >= 0.6 is 0 Å². The lowest BCUT2D eigenvalue weighted by molar-refractivity contribution is -0.186. The molecule has 1 aromatic heterocycles. The van der Waals surface area contributed by atoms with Gasteiger partial charge in [0.1, 0.15) is 0 Å². The highest BCUT2D eigenvalue weighted by Crippen LogP contribution is 2.27. The topological polar surface area (TPSA) is 60.5 Å². The van der Waals surface area contributed by atoms with Gasteiger partial charge in [-0.2, -0.15) is 0 Å². The SMILES string of the molecule is Cc1ccc(-c2cc(C(=O)NOC3CCCCO3)c3ccccc3n2)c(C)c1. The molecule has 5 heteroatoms. The fraction of sp³-hybridized carbons (Fsp3) is 0.304. The van der Waals surface area contributed by atoms with Gasteiger partial charge in [-0.15, -0.1) is 0 Å². The second-order valence-electron chi connectivity index (χ2n) is 7.24. The quantitative estimate of drug-likeness (QED) is 0.670. The molecule has 0 aliphatic carbocycles. The standard InChI is InChI=1S/C23H24N2O3/c1-15-10-11-17(16(2)13-15)21-14-19(18-7-3-4-8-20(18)24-21)23(26)25-28-22-9-5-6-12-27-22/h3-4,7-8,10-11,13-14,22H,5-6,9,12H2,1-2H3,(H,25,26). The number of hydrogen-bond acceptors (Lipinski definition) is 4. The summed E-state index contributed by atoms with van der Waals surface area (Å²) < 4.78 is 5.52. The number of benzene rings is 2. The predicted molar refractivity (Wildman–Crippen MR) is 109 cm³/mol. The molecule has 2 heterocycles. The fourth-order valence-electron chi connectivity index (χ4n) is 3.58. The van der Waals surface area contributed by atoms with Gasteiger partial charge in [0, 0.05) is 24.0 Å². The Morgan fingerprint density at radius 3 is 2.79 bits per heavy atom. The molecule has 1 N–H and O–H groups in total. The predicted octanol–water partition coefficient (Wildman–Crippen LogP) is 4.71. The summed E-state index contributed by atoms with van der Waals surface area (Å²) in [6.07, 6.45) is 2.47. The van der Waals surface area contributed by atoms with Crippen LogP contribution in [0.4, 0.5) is 0 Å². The average molecular weight is 376 g/mol. The largest absolute Gasteiger partial charge is 0.350 e. The smallest absolute Gasteiger partial charge is 0.275 e. The fourth-order valence-corrected chi connectivity index (χ4v) is 3.58. The Morgan fingerprint density at radius 1 is 1.14 bits per heavy atom. The Labute approximate surface area is 164 Å². The van der Waals surface area contributed by atoms with E-state index in [4.69, 9.17) is 14.6 Å². The second kappa shape index (κ2) is 8.09. The Morgan fingerprint density at radius 2 is 2.00 bits per heavy atom. The Balaban J connectivity index is 1.69. The van der Waals surface area contributed by atoms with E-state index < -0.39 is 0 Å². The van der Waals surface area contributed by atoms with Crippen molar-refractivity contribution >= 4 is 16.8 Å². The highest BCUT2D eigenvalue weighted by atomic mass is 16.8. The van der Waals surface area contributed by atoms with Crippen LogP contribution < -0.4 is 5.48 Å². The van der Waals surface area contributed by atoms with Crippen LogP contribution in [-0.2, 0) is 9.57 Å². The van der Waals surface area contributed by atoms with Crippen molar-refractivity contribution < 1.29 is 14.4 Å². The molecule has 1 aliphatic heterocycles. The molecule has 4 rings (SSSR count). The number of carbonyl (C=O) groups is 1. The Hall–Kier alpha value is -2.76. The molecule has 1 atom stereocenters. The molecule has 1 fully saturated rings. The number of hydrogen-bond donors (Lipinski definition) is 1. The summed E-state index contributed by atoms with van der Waals surface area (Å²) in [5.41, 5.74) is 8.00.